The van der Waals surface area contributed by atoms with Crippen LogP contribution in [-0.2, 0) is 10.0 Å². The molecule has 0 aliphatic heterocycles. The summed E-state index contributed by atoms with van der Waals surface area (Å²) in [5.41, 5.74) is 0.252. The van der Waals surface area contributed by atoms with Crippen molar-refractivity contribution in [2.45, 2.75) is 30.7 Å². The highest BCUT2D eigenvalue weighted by atomic mass is 32.2. The Morgan fingerprint density at radius 2 is 2.10 bits per heavy atom. The molecule has 1 amide bonds. The lowest BCUT2D eigenvalue weighted by Gasteiger charge is -2.14. The van der Waals surface area contributed by atoms with E-state index in [0.717, 1.165) is 12.8 Å². The van der Waals surface area contributed by atoms with E-state index in [9.17, 15) is 13.2 Å². The number of hydrogen-bond donors (Lipinski definition) is 2. The van der Waals surface area contributed by atoms with Crippen molar-refractivity contribution in [1.29, 1.82) is 0 Å². The van der Waals surface area contributed by atoms with E-state index in [1.54, 1.807) is 0 Å². The minimum Gasteiger partial charge on any atom is -0.495 e. The number of nitrogens with two attached hydrogens (primary N) is 1. The van der Waals surface area contributed by atoms with Crippen LogP contribution < -0.4 is 15.2 Å². The highest BCUT2D eigenvalue weighted by Crippen LogP contribution is 2.32. The van der Waals surface area contributed by atoms with E-state index in [0.29, 0.717) is 5.92 Å². The van der Waals surface area contributed by atoms with Gasteiger partial charge in [-0.05, 0) is 43.9 Å². The lowest BCUT2D eigenvalue weighted by molar-refractivity contribution is 0.0935. The molecule has 0 spiro atoms. The first-order valence-electron chi connectivity index (χ1n) is 6.34. The van der Waals surface area contributed by atoms with Gasteiger partial charge in [-0.25, -0.2) is 13.6 Å². The number of hydrogen-bond acceptors (Lipinski definition) is 4. The number of methoxy groups -OCH3 is 1. The molecule has 1 atom stereocenters. The molecule has 0 saturated heterocycles. The molecule has 1 aromatic rings. The molecule has 0 radical (unpaired) electrons. The Kier molecular flexibility index (Phi) is 4.01. The first-order valence-corrected chi connectivity index (χ1v) is 7.89. The van der Waals surface area contributed by atoms with Crippen LogP contribution in [-0.4, -0.2) is 27.5 Å². The van der Waals surface area contributed by atoms with Crippen molar-refractivity contribution in [3.63, 3.8) is 0 Å². The van der Waals surface area contributed by atoms with E-state index in [2.05, 4.69) is 5.32 Å². The summed E-state index contributed by atoms with van der Waals surface area (Å²) in [5, 5.41) is 7.98. The standard InChI is InChI=1S/C13H18N2O4S/c1-8(9-3-4-9)15-13(16)10-5-6-11(19-2)12(7-10)20(14,17)18/h5-9H,3-4H2,1-2H3,(H,15,16)(H2,14,17,18). The average molecular weight is 298 g/mol. The van der Waals surface area contributed by atoms with Gasteiger partial charge in [0, 0.05) is 11.6 Å². The van der Waals surface area contributed by atoms with Crippen molar-refractivity contribution in [3.05, 3.63) is 23.8 Å². The smallest absolute Gasteiger partial charge is 0.251 e. The van der Waals surface area contributed by atoms with Gasteiger partial charge >= 0.3 is 0 Å². The van der Waals surface area contributed by atoms with Crippen LogP contribution in [0.4, 0.5) is 0 Å². The van der Waals surface area contributed by atoms with Gasteiger partial charge in [-0.15, -0.1) is 0 Å². The number of nitrogens with one attached hydrogen (secondary N) is 1. The van der Waals surface area contributed by atoms with Gasteiger partial charge < -0.3 is 10.1 Å². The van der Waals surface area contributed by atoms with Crippen LogP contribution in [0.15, 0.2) is 23.1 Å². The molecule has 1 aromatic carbocycles. The molecule has 110 valence electrons. The zero-order valence-electron chi connectivity index (χ0n) is 11.4. The number of sulfonamides is 1. The van der Waals surface area contributed by atoms with Crippen LogP contribution in [0.25, 0.3) is 0 Å². The second-order valence-corrected chi connectivity index (χ2v) is 6.54. The molecule has 1 unspecified atom stereocenters. The summed E-state index contributed by atoms with van der Waals surface area (Å²) >= 11 is 0. The van der Waals surface area contributed by atoms with Gasteiger partial charge in [0.25, 0.3) is 5.91 Å². The number of benzene rings is 1. The maximum atomic E-state index is 12.1. The summed E-state index contributed by atoms with van der Waals surface area (Å²) < 4.78 is 27.9. The van der Waals surface area contributed by atoms with Crippen molar-refractivity contribution in [2.24, 2.45) is 11.1 Å². The second-order valence-electron chi connectivity index (χ2n) is 5.01. The Bertz CT molecular complexity index is 623. The minimum absolute atomic E-state index is 0.0857. The van der Waals surface area contributed by atoms with Gasteiger partial charge in [-0.3, -0.25) is 4.79 Å². The number of carbonyl (C=O) groups excluding carboxylic acids is 1. The molecular weight excluding hydrogens is 280 g/mol. The molecular formula is C13H18N2O4S. The Hall–Kier alpha value is -1.60. The van der Waals surface area contributed by atoms with Gasteiger partial charge in [-0.2, -0.15) is 0 Å². The van der Waals surface area contributed by atoms with Crippen molar-refractivity contribution < 1.29 is 17.9 Å². The highest BCUT2D eigenvalue weighted by Gasteiger charge is 2.29. The topological polar surface area (TPSA) is 98.5 Å². The van der Waals surface area contributed by atoms with Crippen LogP contribution >= 0.6 is 0 Å². The van der Waals surface area contributed by atoms with Crippen molar-refractivity contribution in [1.82, 2.24) is 5.32 Å². The van der Waals surface area contributed by atoms with Crippen LogP contribution in [0.1, 0.15) is 30.1 Å². The van der Waals surface area contributed by atoms with E-state index < -0.39 is 10.0 Å². The third kappa shape index (κ3) is 3.29. The van der Waals surface area contributed by atoms with E-state index in [1.165, 1.54) is 25.3 Å². The third-order valence-corrected chi connectivity index (χ3v) is 4.35. The predicted molar refractivity (Wildman–Crippen MR) is 74.0 cm³/mol. The molecule has 0 aromatic heterocycles. The number of rotatable bonds is 5. The average Bonchev–Trinajstić information content (AvgIpc) is 3.21. The lowest BCUT2D eigenvalue weighted by atomic mass is 10.1. The van der Waals surface area contributed by atoms with Gasteiger partial charge in [0.1, 0.15) is 10.6 Å². The third-order valence-electron chi connectivity index (χ3n) is 3.42. The molecule has 1 saturated carbocycles. The van der Waals surface area contributed by atoms with Gasteiger partial charge in [-0.1, -0.05) is 0 Å². The summed E-state index contributed by atoms with van der Waals surface area (Å²) in [6, 6.07) is 4.27. The highest BCUT2D eigenvalue weighted by molar-refractivity contribution is 7.89. The monoisotopic (exact) mass is 298 g/mol. The van der Waals surface area contributed by atoms with Gasteiger partial charge in [0.05, 0.1) is 7.11 Å². The molecule has 0 heterocycles. The number of carbonyl (C=O) groups is 1. The van der Waals surface area contributed by atoms with Crippen LogP contribution in [0.2, 0.25) is 0 Å². The Morgan fingerprint density at radius 1 is 1.45 bits per heavy atom. The summed E-state index contributed by atoms with van der Waals surface area (Å²) in [6.45, 7) is 1.94. The molecule has 1 aliphatic rings. The van der Waals surface area contributed by atoms with Crippen LogP contribution in [0.3, 0.4) is 0 Å². The van der Waals surface area contributed by atoms with Crippen molar-refractivity contribution in [3.8, 4) is 5.75 Å². The Morgan fingerprint density at radius 3 is 2.60 bits per heavy atom. The zero-order chi connectivity index (χ0) is 14.9. The largest absolute Gasteiger partial charge is 0.495 e. The number of amides is 1. The first-order chi connectivity index (χ1) is 9.32. The zero-order valence-corrected chi connectivity index (χ0v) is 12.2. The van der Waals surface area contributed by atoms with Crippen LogP contribution in [0.5, 0.6) is 5.75 Å². The molecule has 6 nitrogen and oxygen atoms in total. The fourth-order valence-electron chi connectivity index (χ4n) is 2.04. The quantitative estimate of drug-likeness (QED) is 0.842. The fraction of sp³-hybridized carbons (Fsp3) is 0.462. The normalized spacial score (nSPS) is 16.6. The van der Waals surface area contributed by atoms with Crippen LogP contribution in [0, 0.1) is 5.92 Å². The maximum absolute atomic E-state index is 12.1. The molecule has 1 aliphatic carbocycles. The van der Waals surface area contributed by atoms with Crippen molar-refractivity contribution >= 4 is 15.9 Å². The molecule has 1 fully saturated rings. The summed E-state index contributed by atoms with van der Waals surface area (Å²) in [4.78, 5) is 11.9. The lowest BCUT2D eigenvalue weighted by Crippen LogP contribution is -2.34. The first kappa shape index (κ1) is 14.8. The SMILES string of the molecule is COc1ccc(C(=O)NC(C)C2CC2)cc1S(N)(=O)=O. The maximum Gasteiger partial charge on any atom is 0.251 e. The molecule has 7 heteroatoms. The second kappa shape index (κ2) is 5.41. The molecule has 20 heavy (non-hydrogen) atoms. The van der Waals surface area contributed by atoms with E-state index in [-0.39, 0.29) is 28.2 Å². The van der Waals surface area contributed by atoms with E-state index in [1.807, 2.05) is 6.92 Å². The predicted octanol–water partition coefficient (Wildman–Crippen LogP) is 0.871. The molecule has 3 N–H and O–H groups in total. The summed E-state index contributed by atoms with van der Waals surface area (Å²) in [5.74, 6) is 0.339. The Labute approximate surface area is 118 Å². The fourth-order valence-corrected chi connectivity index (χ4v) is 2.77. The van der Waals surface area contributed by atoms with Gasteiger partial charge in [0.15, 0.2) is 0 Å². The van der Waals surface area contributed by atoms with Gasteiger partial charge in [0.2, 0.25) is 10.0 Å². The number of ether oxygens (including phenoxy) is 1. The molecule has 0 bridgehead atoms. The van der Waals surface area contributed by atoms with Crippen molar-refractivity contribution in [2.75, 3.05) is 7.11 Å². The minimum atomic E-state index is -3.94. The van der Waals surface area contributed by atoms with E-state index >= 15 is 0 Å². The summed E-state index contributed by atoms with van der Waals surface area (Å²) in [6.07, 6.45) is 2.24. The Balaban J connectivity index is 2.26. The number of primary sulfonamides is 1. The summed E-state index contributed by atoms with van der Waals surface area (Å²) in [7, 11) is -2.59. The van der Waals surface area contributed by atoms with E-state index in [4.69, 9.17) is 9.88 Å². The molecule has 2 rings (SSSR count).